The first-order valence-corrected chi connectivity index (χ1v) is 10.1. The van der Waals surface area contributed by atoms with Gasteiger partial charge in [-0.2, -0.15) is 0 Å². The Balaban J connectivity index is 1.81. The SMILES string of the molecule is C[Si](C)(CO/N=C/Cc1ccccc1)c1ccccc1. The minimum absolute atomic E-state index is 0.711. The van der Waals surface area contributed by atoms with Crippen molar-refractivity contribution < 1.29 is 4.84 Å². The topological polar surface area (TPSA) is 21.6 Å². The zero-order valence-corrected chi connectivity index (χ0v) is 13.1. The molecule has 0 saturated heterocycles. The molecule has 0 unspecified atom stereocenters. The second kappa shape index (κ2) is 7.06. The van der Waals surface area contributed by atoms with Crippen molar-refractivity contribution in [2.45, 2.75) is 19.5 Å². The van der Waals surface area contributed by atoms with Crippen molar-refractivity contribution in [1.82, 2.24) is 0 Å². The predicted octanol–water partition coefficient (Wildman–Crippen LogP) is 3.39. The van der Waals surface area contributed by atoms with Crippen LogP contribution in [0.25, 0.3) is 0 Å². The minimum atomic E-state index is -1.54. The van der Waals surface area contributed by atoms with Crippen LogP contribution in [0.1, 0.15) is 5.56 Å². The van der Waals surface area contributed by atoms with E-state index in [4.69, 9.17) is 4.84 Å². The summed E-state index contributed by atoms with van der Waals surface area (Å²) in [7, 11) is -1.54. The lowest BCUT2D eigenvalue weighted by Crippen LogP contribution is -2.45. The molecule has 2 aromatic carbocycles. The van der Waals surface area contributed by atoms with Crippen LogP contribution in [0.2, 0.25) is 13.1 Å². The molecule has 2 aromatic rings. The number of oxime groups is 1. The molecule has 0 aliphatic rings. The van der Waals surface area contributed by atoms with Crippen LogP contribution in [0.5, 0.6) is 0 Å². The van der Waals surface area contributed by atoms with Gasteiger partial charge in [-0.1, -0.05) is 84.1 Å². The summed E-state index contributed by atoms with van der Waals surface area (Å²) in [5.74, 6) is 0. The molecule has 0 aliphatic heterocycles. The second-order valence-corrected chi connectivity index (χ2v) is 10.1. The number of benzene rings is 2. The lowest BCUT2D eigenvalue weighted by Gasteiger charge is -2.20. The molecule has 0 aliphatic carbocycles. The van der Waals surface area contributed by atoms with Crippen molar-refractivity contribution >= 4 is 19.5 Å². The monoisotopic (exact) mass is 283 g/mol. The lowest BCUT2D eigenvalue weighted by molar-refractivity contribution is 0.188. The maximum Gasteiger partial charge on any atom is 0.127 e. The van der Waals surface area contributed by atoms with Crippen LogP contribution in [-0.2, 0) is 11.3 Å². The van der Waals surface area contributed by atoms with E-state index in [9.17, 15) is 0 Å². The van der Waals surface area contributed by atoms with Crippen molar-refractivity contribution in [1.29, 1.82) is 0 Å². The molecule has 0 heterocycles. The number of hydrogen-bond donors (Lipinski definition) is 0. The smallest absolute Gasteiger partial charge is 0.127 e. The lowest BCUT2D eigenvalue weighted by atomic mass is 10.2. The van der Waals surface area contributed by atoms with Crippen molar-refractivity contribution in [2.75, 3.05) is 6.23 Å². The number of nitrogens with zero attached hydrogens (tertiary/aromatic N) is 1. The van der Waals surface area contributed by atoms with E-state index in [0.29, 0.717) is 6.23 Å². The predicted molar refractivity (Wildman–Crippen MR) is 88.1 cm³/mol. The Hall–Kier alpha value is -1.87. The molecular weight excluding hydrogens is 262 g/mol. The molecule has 0 amide bonds. The standard InChI is InChI=1S/C17H21NOSi/c1-20(2,17-11-7-4-8-12-17)15-19-18-14-13-16-9-5-3-6-10-16/h3-12,14H,13,15H2,1-2H3/b18-14+. The summed E-state index contributed by atoms with van der Waals surface area (Å²) >= 11 is 0. The molecule has 0 bridgehead atoms. The van der Waals surface area contributed by atoms with Gasteiger partial charge in [-0.3, -0.25) is 0 Å². The van der Waals surface area contributed by atoms with Gasteiger partial charge < -0.3 is 4.84 Å². The molecule has 0 atom stereocenters. The summed E-state index contributed by atoms with van der Waals surface area (Å²) in [5, 5.41) is 5.49. The van der Waals surface area contributed by atoms with E-state index < -0.39 is 8.07 Å². The maximum absolute atomic E-state index is 5.51. The fourth-order valence-electron chi connectivity index (χ4n) is 1.98. The van der Waals surface area contributed by atoms with Crippen LogP contribution >= 0.6 is 0 Å². The Morgan fingerprint density at radius 2 is 1.55 bits per heavy atom. The van der Waals surface area contributed by atoms with E-state index in [1.807, 2.05) is 30.5 Å². The minimum Gasteiger partial charge on any atom is -0.399 e. The highest BCUT2D eigenvalue weighted by atomic mass is 28.3. The first kappa shape index (κ1) is 14.5. The summed E-state index contributed by atoms with van der Waals surface area (Å²) in [6.07, 6.45) is 3.36. The molecule has 0 N–H and O–H groups in total. The fourth-order valence-corrected chi connectivity index (χ4v) is 3.64. The molecule has 0 saturated carbocycles. The summed E-state index contributed by atoms with van der Waals surface area (Å²) in [5.41, 5.74) is 1.25. The summed E-state index contributed by atoms with van der Waals surface area (Å²) < 4.78 is 0. The summed E-state index contributed by atoms with van der Waals surface area (Å²) in [4.78, 5) is 5.51. The van der Waals surface area contributed by atoms with Gasteiger partial charge in [0.1, 0.15) is 14.3 Å². The molecule has 0 fully saturated rings. The maximum atomic E-state index is 5.51. The normalized spacial score (nSPS) is 11.7. The molecule has 0 radical (unpaired) electrons. The van der Waals surface area contributed by atoms with E-state index in [2.05, 4.69) is 54.6 Å². The zero-order chi connectivity index (χ0) is 14.3. The van der Waals surface area contributed by atoms with Crippen molar-refractivity contribution in [2.24, 2.45) is 5.16 Å². The summed E-state index contributed by atoms with van der Waals surface area (Å²) in [6, 6.07) is 20.9. The van der Waals surface area contributed by atoms with Gasteiger partial charge in [0.25, 0.3) is 0 Å². The first-order valence-electron chi connectivity index (χ1n) is 6.92. The molecule has 0 aromatic heterocycles. The van der Waals surface area contributed by atoms with Gasteiger partial charge in [0.15, 0.2) is 0 Å². The van der Waals surface area contributed by atoms with Crippen molar-refractivity contribution in [3.05, 3.63) is 66.2 Å². The van der Waals surface area contributed by atoms with Crippen molar-refractivity contribution in [3.63, 3.8) is 0 Å². The second-order valence-electron chi connectivity index (χ2n) is 5.50. The Morgan fingerprint density at radius 3 is 2.20 bits per heavy atom. The molecule has 2 nitrogen and oxygen atoms in total. The third kappa shape index (κ3) is 4.35. The highest BCUT2D eigenvalue weighted by Crippen LogP contribution is 2.04. The molecule has 0 spiro atoms. The molecular formula is C17H21NOSi. The fraction of sp³-hybridized carbons (Fsp3) is 0.235. The van der Waals surface area contributed by atoms with Crippen LogP contribution in [0, 0.1) is 0 Å². The van der Waals surface area contributed by atoms with Crippen LogP contribution < -0.4 is 5.19 Å². The van der Waals surface area contributed by atoms with E-state index in [0.717, 1.165) is 6.42 Å². The van der Waals surface area contributed by atoms with E-state index >= 15 is 0 Å². The quantitative estimate of drug-likeness (QED) is 0.452. The third-order valence-electron chi connectivity index (χ3n) is 3.30. The van der Waals surface area contributed by atoms with E-state index in [-0.39, 0.29) is 0 Å². The van der Waals surface area contributed by atoms with Crippen LogP contribution in [0.4, 0.5) is 0 Å². The molecule has 20 heavy (non-hydrogen) atoms. The van der Waals surface area contributed by atoms with Gasteiger partial charge in [-0.05, 0) is 5.56 Å². The van der Waals surface area contributed by atoms with Crippen molar-refractivity contribution in [3.8, 4) is 0 Å². The number of rotatable bonds is 6. The Kier molecular flexibility index (Phi) is 5.13. The average Bonchev–Trinajstić information content (AvgIpc) is 2.49. The van der Waals surface area contributed by atoms with Gasteiger partial charge in [0, 0.05) is 12.6 Å². The van der Waals surface area contributed by atoms with Crippen LogP contribution in [0.3, 0.4) is 0 Å². The van der Waals surface area contributed by atoms with Gasteiger partial charge in [-0.15, -0.1) is 0 Å². The molecule has 3 heteroatoms. The first-order chi connectivity index (χ1) is 9.68. The van der Waals surface area contributed by atoms with Crippen LogP contribution in [0.15, 0.2) is 65.8 Å². The van der Waals surface area contributed by atoms with Crippen LogP contribution in [-0.4, -0.2) is 20.5 Å². The van der Waals surface area contributed by atoms with Gasteiger partial charge in [0.05, 0.1) is 0 Å². The molecule has 2 rings (SSSR count). The Morgan fingerprint density at radius 1 is 0.950 bits per heavy atom. The third-order valence-corrected chi connectivity index (χ3v) is 6.05. The largest absolute Gasteiger partial charge is 0.399 e. The highest BCUT2D eigenvalue weighted by molar-refractivity contribution is 6.89. The number of hydrogen-bond acceptors (Lipinski definition) is 2. The van der Waals surface area contributed by atoms with Gasteiger partial charge in [-0.25, -0.2) is 0 Å². The average molecular weight is 283 g/mol. The van der Waals surface area contributed by atoms with E-state index in [1.54, 1.807) is 0 Å². The van der Waals surface area contributed by atoms with E-state index in [1.165, 1.54) is 10.8 Å². The molecule has 104 valence electrons. The van der Waals surface area contributed by atoms with Gasteiger partial charge in [0.2, 0.25) is 0 Å². The highest BCUT2D eigenvalue weighted by Gasteiger charge is 2.24. The Bertz CT molecular complexity index is 537. The van der Waals surface area contributed by atoms with Gasteiger partial charge >= 0.3 is 0 Å². The zero-order valence-electron chi connectivity index (χ0n) is 12.1. The Labute approximate surface area is 122 Å². The summed E-state index contributed by atoms with van der Waals surface area (Å²) in [6.45, 7) is 4.60.